The number of aliphatic hydroxyl groups excluding tert-OH is 3. The standard InChI is InChI=1S/C17H22BNO9/c1-7(20)19-10-4-8(6-27-17(18)26)2-3-11(10)28-12-5-9(16(24)25)13(21)15(23)14(12)22/h2-4,9,12-15,21-23H,5-6,18H2,1H3,(H,19,20)(H,24,25). The second-order valence-corrected chi connectivity index (χ2v) is 6.60. The van der Waals surface area contributed by atoms with Crippen LogP contribution in [0, 0.1) is 5.92 Å². The van der Waals surface area contributed by atoms with Gasteiger partial charge in [-0.3, -0.25) is 14.4 Å². The number of aliphatic hydroxyl groups is 3. The maximum absolute atomic E-state index is 11.5. The molecule has 0 spiro atoms. The van der Waals surface area contributed by atoms with Crippen LogP contribution in [0.1, 0.15) is 18.9 Å². The molecule has 0 aliphatic heterocycles. The first-order valence-corrected chi connectivity index (χ1v) is 8.57. The van der Waals surface area contributed by atoms with Crippen molar-refractivity contribution in [2.75, 3.05) is 5.32 Å². The minimum Gasteiger partial charge on any atom is -0.485 e. The third kappa shape index (κ3) is 5.21. The Bertz CT molecular complexity index is 756. The van der Waals surface area contributed by atoms with Crippen LogP contribution in [-0.2, 0) is 20.9 Å². The maximum atomic E-state index is 11.5. The summed E-state index contributed by atoms with van der Waals surface area (Å²) in [6.07, 6.45) is -6.24. The molecule has 0 bridgehead atoms. The molecule has 1 aromatic rings. The fraction of sp³-hybridized carbons (Fsp3) is 0.471. The van der Waals surface area contributed by atoms with Crippen molar-refractivity contribution in [1.82, 2.24) is 0 Å². The lowest BCUT2D eigenvalue weighted by Crippen LogP contribution is -2.57. The highest BCUT2D eigenvalue weighted by Crippen LogP contribution is 2.33. The summed E-state index contributed by atoms with van der Waals surface area (Å²) >= 11 is 0. The van der Waals surface area contributed by atoms with E-state index in [0.717, 1.165) is 0 Å². The molecule has 28 heavy (non-hydrogen) atoms. The molecule has 11 heteroatoms. The summed E-state index contributed by atoms with van der Waals surface area (Å²) in [6, 6.07) is 4.54. The van der Waals surface area contributed by atoms with Crippen LogP contribution in [0.2, 0.25) is 0 Å². The van der Waals surface area contributed by atoms with Crippen LogP contribution in [0.5, 0.6) is 5.75 Å². The lowest BCUT2D eigenvalue weighted by atomic mass is 9.80. The number of hydrogen-bond donors (Lipinski definition) is 5. The van der Waals surface area contributed by atoms with Crippen LogP contribution in [-0.4, -0.2) is 70.4 Å². The zero-order valence-corrected chi connectivity index (χ0v) is 15.4. The van der Waals surface area contributed by atoms with Crippen molar-refractivity contribution in [2.45, 2.75) is 44.4 Å². The third-order valence-corrected chi connectivity index (χ3v) is 4.37. The van der Waals surface area contributed by atoms with Gasteiger partial charge in [0.25, 0.3) is 0 Å². The lowest BCUT2D eigenvalue weighted by Gasteiger charge is -2.38. The van der Waals surface area contributed by atoms with E-state index in [2.05, 4.69) is 5.32 Å². The Hall–Kier alpha value is -2.63. The highest BCUT2D eigenvalue weighted by atomic mass is 16.5. The van der Waals surface area contributed by atoms with Crippen LogP contribution in [0.3, 0.4) is 0 Å². The van der Waals surface area contributed by atoms with Gasteiger partial charge in [0.15, 0.2) is 0 Å². The monoisotopic (exact) mass is 395 g/mol. The molecule has 1 aromatic carbocycles. The number of carboxylic acid groups (broad SMARTS) is 1. The van der Waals surface area contributed by atoms with Gasteiger partial charge in [-0.25, -0.2) is 0 Å². The van der Waals surface area contributed by atoms with E-state index in [1.807, 2.05) is 0 Å². The van der Waals surface area contributed by atoms with Gasteiger partial charge in [-0.1, -0.05) is 6.07 Å². The van der Waals surface area contributed by atoms with Gasteiger partial charge in [0.1, 0.15) is 30.7 Å². The van der Waals surface area contributed by atoms with E-state index in [4.69, 9.17) is 9.47 Å². The number of carbonyl (C=O) groups excluding carboxylic acids is 2. The Balaban J connectivity index is 2.26. The number of amides is 1. The zero-order chi connectivity index (χ0) is 21.0. The summed E-state index contributed by atoms with van der Waals surface area (Å²) in [5.74, 6) is -3.41. The Morgan fingerprint density at radius 3 is 2.43 bits per heavy atom. The number of aliphatic carboxylic acids is 1. The molecule has 152 valence electrons. The molecular weight excluding hydrogens is 373 g/mol. The molecule has 2 rings (SSSR count). The van der Waals surface area contributed by atoms with Gasteiger partial charge in [-0.15, -0.1) is 0 Å². The van der Waals surface area contributed by atoms with E-state index >= 15 is 0 Å². The Kier molecular flexibility index (Phi) is 7.00. The molecule has 0 saturated heterocycles. The topological polar surface area (TPSA) is 163 Å². The molecule has 1 fully saturated rings. The zero-order valence-electron chi connectivity index (χ0n) is 15.4. The molecule has 5 unspecified atom stereocenters. The van der Waals surface area contributed by atoms with Crippen LogP contribution < -0.4 is 10.1 Å². The second kappa shape index (κ2) is 9.04. The summed E-state index contributed by atoms with van der Waals surface area (Å²) in [4.78, 5) is 33.7. The summed E-state index contributed by atoms with van der Waals surface area (Å²) in [5.41, 5.74) is 0.784. The lowest BCUT2D eigenvalue weighted by molar-refractivity contribution is -0.174. The smallest absolute Gasteiger partial charge is 0.309 e. The van der Waals surface area contributed by atoms with E-state index in [1.165, 1.54) is 26.9 Å². The van der Waals surface area contributed by atoms with Gasteiger partial charge < -0.3 is 35.2 Å². The molecule has 1 saturated carbocycles. The minimum atomic E-state index is -1.70. The molecule has 1 amide bonds. The predicted octanol–water partition coefficient (Wildman–Crippen LogP) is -1.15. The summed E-state index contributed by atoms with van der Waals surface area (Å²) in [6.45, 7) is 1.25. The molecule has 5 N–H and O–H groups in total. The van der Waals surface area contributed by atoms with E-state index < -0.39 is 48.1 Å². The van der Waals surface area contributed by atoms with Gasteiger partial charge in [0.2, 0.25) is 19.6 Å². The second-order valence-electron chi connectivity index (χ2n) is 6.60. The van der Waals surface area contributed by atoms with Crippen molar-refractivity contribution in [3.05, 3.63) is 23.8 Å². The Labute approximate surface area is 161 Å². The first kappa shape index (κ1) is 21.7. The SMILES string of the molecule is BC(=O)OCc1ccc(OC2CC(C(=O)O)C(O)C(O)C2O)c(NC(C)=O)c1. The highest BCUT2D eigenvalue weighted by molar-refractivity contribution is 6.55. The average Bonchev–Trinajstić information content (AvgIpc) is 2.61. The van der Waals surface area contributed by atoms with Gasteiger partial charge in [0, 0.05) is 13.3 Å². The van der Waals surface area contributed by atoms with E-state index in [9.17, 15) is 34.8 Å². The number of rotatable bonds is 6. The first-order valence-electron chi connectivity index (χ1n) is 8.57. The molecule has 0 heterocycles. The quantitative estimate of drug-likeness (QED) is 0.374. The summed E-state index contributed by atoms with van der Waals surface area (Å²) in [5, 5.41) is 41.7. The van der Waals surface area contributed by atoms with Gasteiger partial charge in [0.05, 0.1) is 17.7 Å². The Morgan fingerprint density at radius 2 is 1.86 bits per heavy atom. The van der Waals surface area contributed by atoms with Crippen LogP contribution in [0.25, 0.3) is 0 Å². The van der Waals surface area contributed by atoms with Crippen LogP contribution in [0.15, 0.2) is 18.2 Å². The van der Waals surface area contributed by atoms with Crippen molar-refractivity contribution < 1.29 is 44.3 Å². The molecule has 0 radical (unpaired) electrons. The van der Waals surface area contributed by atoms with Gasteiger partial charge in [-0.2, -0.15) is 0 Å². The van der Waals surface area contributed by atoms with Crippen LogP contribution >= 0.6 is 0 Å². The van der Waals surface area contributed by atoms with E-state index in [0.29, 0.717) is 5.56 Å². The van der Waals surface area contributed by atoms with Crippen LogP contribution in [0.4, 0.5) is 10.5 Å². The number of benzene rings is 1. The number of anilines is 1. The Morgan fingerprint density at radius 1 is 1.18 bits per heavy atom. The maximum Gasteiger partial charge on any atom is 0.309 e. The number of carboxylic acids is 1. The van der Waals surface area contributed by atoms with Crippen molar-refractivity contribution >= 4 is 31.3 Å². The first-order chi connectivity index (χ1) is 13.1. The largest absolute Gasteiger partial charge is 0.485 e. The molecule has 1 aliphatic rings. The third-order valence-electron chi connectivity index (χ3n) is 4.37. The number of hydrogen-bond acceptors (Lipinski definition) is 8. The van der Waals surface area contributed by atoms with Crippen molar-refractivity contribution in [1.29, 1.82) is 0 Å². The highest BCUT2D eigenvalue weighted by Gasteiger charge is 2.47. The predicted molar refractivity (Wildman–Crippen MR) is 97.7 cm³/mol. The fourth-order valence-electron chi connectivity index (χ4n) is 2.96. The van der Waals surface area contributed by atoms with Gasteiger partial charge in [-0.05, 0) is 17.7 Å². The summed E-state index contributed by atoms with van der Waals surface area (Å²) in [7, 11) is 1.26. The molecule has 0 aromatic heterocycles. The van der Waals surface area contributed by atoms with Gasteiger partial charge >= 0.3 is 5.97 Å². The van der Waals surface area contributed by atoms with E-state index in [-0.39, 0.29) is 24.5 Å². The van der Waals surface area contributed by atoms with Crippen molar-refractivity contribution in [3.8, 4) is 5.75 Å². The number of carbonyl (C=O) groups is 3. The number of ether oxygens (including phenoxy) is 2. The molecule has 10 nitrogen and oxygen atoms in total. The van der Waals surface area contributed by atoms with Crippen molar-refractivity contribution in [2.24, 2.45) is 5.92 Å². The normalized spacial score (nSPS) is 26.9. The number of nitrogens with one attached hydrogen (secondary N) is 1. The molecule has 5 atom stereocenters. The van der Waals surface area contributed by atoms with E-state index in [1.54, 1.807) is 6.07 Å². The molecule has 1 aliphatic carbocycles. The van der Waals surface area contributed by atoms with Crippen molar-refractivity contribution in [3.63, 3.8) is 0 Å². The molecular formula is C17H22BNO9. The summed E-state index contributed by atoms with van der Waals surface area (Å²) < 4.78 is 10.6. The minimum absolute atomic E-state index is 0.0275. The average molecular weight is 395 g/mol. The fourth-order valence-corrected chi connectivity index (χ4v) is 2.96.